The number of hydrogen-bond donors (Lipinski definition) is 6. The minimum absolute atomic E-state index is 0.0862. The summed E-state index contributed by atoms with van der Waals surface area (Å²) in [6.07, 6.45) is 54.1. The molecule has 0 aromatic heterocycles. The summed E-state index contributed by atoms with van der Waals surface area (Å²) in [4.78, 5) is 26.4. The molecule has 11 nitrogen and oxygen atoms in total. The van der Waals surface area contributed by atoms with Crippen molar-refractivity contribution in [3.05, 3.63) is 109 Å². The molecule has 0 bridgehead atoms. The van der Waals surface area contributed by atoms with E-state index in [-0.39, 0.29) is 19.4 Å². The van der Waals surface area contributed by atoms with Gasteiger partial charge in [0.25, 0.3) is 0 Å². The number of allylic oxidation sites excluding steroid dienone is 17. The summed E-state index contributed by atoms with van der Waals surface area (Å²) in [7, 11) is 0. The Bertz CT molecular complexity index is 1580. The van der Waals surface area contributed by atoms with Gasteiger partial charge in [0, 0.05) is 6.42 Å². The standard InChI is InChI=1S/C61H101NO10/c1-4-7-10-13-16-19-22-25-27-28-29-31-34-37-40-43-46-49-56(66)72-59-58(68)57(67)55(50-63)71-61(59)70-51-52(53(64)47-44-41-38-35-32-24-21-18-15-12-9-6-3)62-60(69)54(65)48-45-42-39-36-33-30-26-23-20-17-14-11-8-5-2/h8,11,14,16-17,19-20,23,25-27,29-31,33,36,44,47,52-55,57-59,61,63-65,67-68H,4-7,9-10,12-13,15,18,21-22,24,28,32,34-35,37-43,45-46,48-51H2,1-3H3,(H,62,69)/b11-8+,17-14+,19-16-,23-20-,27-25-,30-26-,31-29-,36-33+,47-44+. The van der Waals surface area contributed by atoms with Crippen LogP contribution in [0.3, 0.4) is 0 Å². The van der Waals surface area contributed by atoms with Gasteiger partial charge in [-0.1, -0.05) is 220 Å². The molecule has 8 atom stereocenters. The number of rotatable bonds is 45. The number of hydrogen-bond acceptors (Lipinski definition) is 10. The van der Waals surface area contributed by atoms with Gasteiger partial charge < -0.3 is 45.1 Å². The van der Waals surface area contributed by atoms with Crippen LogP contribution in [0.4, 0.5) is 0 Å². The molecule has 1 fully saturated rings. The van der Waals surface area contributed by atoms with E-state index in [9.17, 15) is 35.1 Å². The number of carbonyl (C=O) groups excluding carboxylic acids is 2. The highest BCUT2D eigenvalue weighted by atomic mass is 16.7. The summed E-state index contributed by atoms with van der Waals surface area (Å²) in [6.45, 7) is 5.54. The fourth-order valence-corrected chi connectivity index (χ4v) is 8.03. The summed E-state index contributed by atoms with van der Waals surface area (Å²) in [6, 6.07) is -1.06. The molecule has 1 amide bonds. The zero-order valence-corrected chi connectivity index (χ0v) is 45.0. The molecule has 1 aliphatic heterocycles. The van der Waals surface area contributed by atoms with Crippen molar-refractivity contribution in [2.75, 3.05) is 13.2 Å². The van der Waals surface area contributed by atoms with Crippen molar-refractivity contribution in [2.45, 2.75) is 250 Å². The highest BCUT2D eigenvalue weighted by molar-refractivity contribution is 5.80. The fraction of sp³-hybridized carbons (Fsp3) is 0.672. The van der Waals surface area contributed by atoms with Crippen molar-refractivity contribution in [1.29, 1.82) is 0 Å². The lowest BCUT2D eigenvalue weighted by Gasteiger charge is -2.41. The highest BCUT2D eigenvalue weighted by Crippen LogP contribution is 2.26. The van der Waals surface area contributed by atoms with Gasteiger partial charge in [0.2, 0.25) is 5.91 Å². The van der Waals surface area contributed by atoms with Crippen LogP contribution >= 0.6 is 0 Å². The van der Waals surface area contributed by atoms with Crippen molar-refractivity contribution in [3.63, 3.8) is 0 Å². The zero-order valence-electron chi connectivity index (χ0n) is 45.0. The molecule has 1 saturated heterocycles. The maximum atomic E-state index is 13.3. The first-order valence-corrected chi connectivity index (χ1v) is 28.2. The van der Waals surface area contributed by atoms with Crippen molar-refractivity contribution in [3.8, 4) is 0 Å². The molecule has 72 heavy (non-hydrogen) atoms. The molecule has 8 unspecified atom stereocenters. The first kappa shape index (κ1) is 66.3. The van der Waals surface area contributed by atoms with Gasteiger partial charge in [0.1, 0.15) is 24.4 Å². The molecule has 1 aliphatic rings. The summed E-state index contributed by atoms with van der Waals surface area (Å²) in [5.41, 5.74) is 0. The van der Waals surface area contributed by atoms with Crippen LogP contribution in [0.1, 0.15) is 201 Å². The minimum Gasteiger partial charge on any atom is -0.454 e. The molecule has 6 N–H and O–H groups in total. The molecule has 0 spiro atoms. The minimum atomic E-state index is -1.64. The van der Waals surface area contributed by atoms with Gasteiger partial charge in [-0.3, -0.25) is 9.59 Å². The van der Waals surface area contributed by atoms with E-state index in [1.807, 2.05) is 60.8 Å². The molecule has 410 valence electrons. The Labute approximate surface area is 437 Å². The van der Waals surface area contributed by atoms with Gasteiger partial charge in [-0.05, 0) is 83.5 Å². The predicted octanol–water partition coefficient (Wildman–Crippen LogP) is 12.5. The van der Waals surface area contributed by atoms with Crippen LogP contribution in [0.15, 0.2) is 109 Å². The lowest BCUT2D eigenvalue weighted by molar-refractivity contribution is -0.305. The smallest absolute Gasteiger partial charge is 0.306 e. The van der Waals surface area contributed by atoms with E-state index >= 15 is 0 Å². The van der Waals surface area contributed by atoms with Crippen molar-refractivity contribution >= 4 is 11.9 Å². The van der Waals surface area contributed by atoms with Gasteiger partial charge >= 0.3 is 5.97 Å². The molecular formula is C61H101NO10. The normalized spacial score (nSPS) is 20.4. The molecule has 0 aromatic rings. The number of aliphatic hydroxyl groups excluding tert-OH is 5. The SMILES string of the molecule is CC/C=C/C=C/C=C\C=C/C=C/CCCCC(O)C(=O)NC(COC1OC(CO)C(O)C(O)C1OC(=O)CCCCCC/C=C\C/C=C\C/C=C\CCCCC)C(O)/C=C/CCCCCCCCCCCC. The van der Waals surface area contributed by atoms with Crippen LogP contribution in [0, 0.1) is 0 Å². The molecule has 0 aliphatic carbocycles. The Morgan fingerprint density at radius 1 is 0.569 bits per heavy atom. The number of amides is 1. The van der Waals surface area contributed by atoms with Crippen LogP contribution in [-0.4, -0.2) is 99.6 Å². The third-order valence-electron chi connectivity index (χ3n) is 12.5. The summed E-state index contributed by atoms with van der Waals surface area (Å²) in [5, 5.41) is 56.7. The number of unbranched alkanes of at least 4 members (excludes halogenated alkanes) is 19. The Balaban J connectivity index is 2.80. The summed E-state index contributed by atoms with van der Waals surface area (Å²) >= 11 is 0. The van der Waals surface area contributed by atoms with Gasteiger partial charge in [-0.15, -0.1) is 0 Å². The van der Waals surface area contributed by atoms with E-state index in [0.29, 0.717) is 12.8 Å². The second kappa shape index (κ2) is 48.3. The topological polar surface area (TPSA) is 175 Å². The molecule has 0 aromatic carbocycles. The second-order valence-electron chi connectivity index (χ2n) is 19.1. The van der Waals surface area contributed by atoms with E-state index in [1.165, 1.54) is 64.2 Å². The van der Waals surface area contributed by atoms with Gasteiger partial charge in [-0.2, -0.15) is 0 Å². The van der Waals surface area contributed by atoms with Crippen LogP contribution in [0.5, 0.6) is 0 Å². The fourth-order valence-electron chi connectivity index (χ4n) is 8.03. The van der Waals surface area contributed by atoms with Crippen molar-refractivity contribution < 1.29 is 49.3 Å². The maximum absolute atomic E-state index is 13.3. The van der Waals surface area contributed by atoms with E-state index in [4.69, 9.17) is 14.2 Å². The predicted molar refractivity (Wildman–Crippen MR) is 296 cm³/mol. The first-order chi connectivity index (χ1) is 35.2. The summed E-state index contributed by atoms with van der Waals surface area (Å²) < 4.78 is 17.5. The van der Waals surface area contributed by atoms with E-state index in [1.54, 1.807) is 6.08 Å². The molecule has 0 saturated carbocycles. The molecule has 1 heterocycles. The maximum Gasteiger partial charge on any atom is 0.306 e. The number of nitrogens with one attached hydrogen (secondary N) is 1. The Hall–Kier alpha value is -3.68. The molecule has 0 radical (unpaired) electrons. The van der Waals surface area contributed by atoms with Crippen LogP contribution in [0.25, 0.3) is 0 Å². The third-order valence-corrected chi connectivity index (χ3v) is 12.5. The van der Waals surface area contributed by atoms with E-state index < -0.39 is 67.4 Å². The van der Waals surface area contributed by atoms with E-state index in [2.05, 4.69) is 68.6 Å². The lowest BCUT2D eigenvalue weighted by atomic mass is 9.99. The number of carbonyl (C=O) groups is 2. The van der Waals surface area contributed by atoms with Gasteiger partial charge in [0.15, 0.2) is 12.4 Å². The molecular weight excluding hydrogens is 907 g/mol. The Morgan fingerprint density at radius 3 is 1.65 bits per heavy atom. The van der Waals surface area contributed by atoms with Crippen molar-refractivity contribution in [1.82, 2.24) is 5.32 Å². The second-order valence-corrected chi connectivity index (χ2v) is 19.1. The third kappa shape index (κ3) is 36.3. The highest BCUT2D eigenvalue weighted by Gasteiger charge is 2.47. The molecule has 11 heteroatoms. The monoisotopic (exact) mass is 1010 g/mol. The first-order valence-electron chi connectivity index (χ1n) is 28.2. The summed E-state index contributed by atoms with van der Waals surface area (Å²) in [5.74, 6) is -1.27. The molecule has 1 rings (SSSR count). The van der Waals surface area contributed by atoms with E-state index in [0.717, 1.165) is 89.9 Å². The Morgan fingerprint density at radius 2 is 1.06 bits per heavy atom. The Kier molecular flexibility index (Phi) is 44.5. The van der Waals surface area contributed by atoms with Crippen molar-refractivity contribution in [2.24, 2.45) is 0 Å². The number of aliphatic hydroxyl groups is 5. The quantitative estimate of drug-likeness (QED) is 0.0149. The number of esters is 1. The van der Waals surface area contributed by atoms with Gasteiger partial charge in [0.05, 0.1) is 25.4 Å². The average molecular weight is 1010 g/mol. The average Bonchev–Trinajstić information content (AvgIpc) is 3.38. The lowest BCUT2D eigenvalue weighted by Crippen LogP contribution is -2.61. The van der Waals surface area contributed by atoms with Crippen LogP contribution < -0.4 is 5.32 Å². The number of ether oxygens (including phenoxy) is 3. The van der Waals surface area contributed by atoms with Crippen LogP contribution in [0.2, 0.25) is 0 Å². The largest absolute Gasteiger partial charge is 0.454 e. The zero-order chi connectivity index (χ0) is 52.5. The van der Waals surface area contributed by atoms with Crippen LogP contribution in [-0.2, 0) is 23.8 Å². The van der Waals surface area contributed by atoms with Gasteiger partial charge in [-0.25, -0.2) is 0 Å².